The van der Waals surface area contributed by atoms with Crippen molar-refractivity contribution in [3.63, 3.8) is 0 Å². The second-order valence-electron chi connectivity index (χ2n) is 4.27. The molecule has 2 atom stereocenters. The van der Waals surface area contributed by atoms with E-state index in [9.17, 15) is 4.79 Å². The first-order valence-corrected chi connectivity index (χ1v) is 7.46. The number of rotatable bonds is 7. The molecular formula is C13H16AsClO3. The van der Waals surface area contributed by atoms with E-state index in [4.69, 9.17) is 21.4 Å². The molecule has 0 aromatic heterocycles. The van der Waals surface area contributed by atoms with Crippen LogP contribution < -0.4 is 4.74 Å². The zero-order chi connectivity index (χ0) is 13.5. The molecule has 1 aromatic carbocycles. The van der Waals surface area contributed by atoms with Crippen LogP contribution in [0.3, 0.4) is 0 Å². The topological polar surface area (TPSA) is 46.5 Å². The Balaban J connectivity index is 2.49. The van der Waals surface area contributed by atoms with Crippen LogP contribution in [0.25, 0.3) is 0 Å². The van der Waals surface area contributed by atoms with Crippen molar-refractivity contribution >= 4 is 34.4 Å². The summed E-state index contributed by atoms with van der Waals surface area (Å²) in [6, 6.07) is 7.22. The van der Waals surface area contributed by atoms with Gasteiger partial charge in [0.05, 0.1) is 0 Å². The van der Waals surface area contributed by atoms with E-state index in [0.29, 0.717) is 11.4 Å². The van der Waals surface area contributed by atoms with E-state index in [1.807, 2.05) is 19.1 Å². The van der Waals surface area contributed by atoms with Crippen LogP contribution in [0.1, 0.15) is 19.8 Å². The number of carboxylic acid groups (broad SMARTS) is 1. The molecule has 0 bridgehead atoms. The van der Waals surface area contributed by atoms with Crippen LogP contribution >= 0.6 is 11.6 Å². The summed E-state index contributed by atoms with van der Waals surface area (Å²) >= 11 is 8.31. The molecule has 1 rings (SSSR count). The molecule has 0 unspecified atom stereocenters. The Bertz CT molecular complexity index is 398. The van der Waals surface area contributed by atoms with Gasteiger partial charge >= 0.3 is 121 Å². The van der Waals surface area contributed by atoms with E-state index in [0.717, 1.165) is 11.0 Å². The van der Waals surface area contributed by atoms with E-state index in [1.165, 1.54) is 0 Å². The Morgan fingerprint density at radius 1 is 1.56 bits per heavy atom. The number of benzene rings is 1. The fourth-order valence-electron chi connectivity index (χ4n) is 1.76. The second kappa shape index (κ2) is 7.70. The van der Waals surface area contributed by atoms with Gasteiger partial charge in [0.15, 0.2) is 0 Å². The predicted molar refractivity (Wildman–Crippen MR) is 72.5 cm³/mol. The molecule has 0 aliphatic heterocycles. The van der Waals surface area contributed by atoms with Gasteiger partial charge < -0.3 is 0 Å². The quantitative estimate of drug-likeness (QED) is 0.781. The van der Waals surface area contributed by atoms with Crippen LogP contribution in [-0.4, -0.2) is 34.0 Å². The van der Waals surface area contributed by atoms with Gasteiger partial charge in [0.2, 0.25) is 0 Å². The summed E-state index contributed by atoms with van der Waals surface area (Å²) in [4.78, 5) is 10.7. The van der Waals surface area contributed by atoms with Gasteiger partial charge in [-0.05, 0) is 0 Å². The Hall–Kier alpha value is -0.662. The van der Waals surface area contributed by atoms with Gasteiger partial charge in [0.25, 0.3) is 0 Å². The standard InChI is InChI=1S/C13H16AsClO3/c1-9(5-10(8-14)6-13(16)17)18-12-4-2-3-11(15)7-12/h2-4,7,9-10H,5-6,8H2,1H3,(H,16,17)/t9-,10-/m0/s1. The molecule has 5 heteroatoms. The third-order valence-corrected chi connectivity index (χ3v) is 3.84. The summed E-state index contributed by atoms with van der Waals surface area (Å²) in [6.07, 6.45) is 0.864. The SMILES string of the molecule is C[C@@H](C[C@H](C[As])CC(=O)O)Oc1cccc(Cl)c1. The summed E-state index contributed by atoms with van der Waals surface area (Å²) in [7, 11) is 0. The van der Waals surface area contributed by atoms with Crippen LogP contribution in [0.5, 0.6) is 5.75 Å². The predicted octanol–water partition coefficient (Wildman–Crippen LogP) is 3.18. The molecule has 0 aliphatic carbocycles. The molecule has 1 N–H and O–H groups in total. The summed E-state index contributed by atoms with van der Waals surface area (Å²) in [5.41, 5.74) is 0. The molecule has 0 fully saturated rings. The van der Waals surface area contributed by atoms with Gasteiger partial charge in [-0.1, -0.05) is 0 Å². The van der Waals surface area contributed by atoms with Crippen molar-refractivity contribution in [3.8, 4) is 5.75 Å². The Kier molecular flexibility index (Phi) is 6.59. The Labute approximate surface area is 121 Å². The summed E-state index contributed by atoms with van der Waals surface area (Å²) in [5, 5.41) is 10.2. The van der Waals surface area contributed by atoms with Crippen LogP contribution in [0.15, 0.2) is 24.3 Å². The van der Waals surface area contributed by atoms with Crippen LogP contribution in [-0.2, 0) is 4.79 Å². The molecular weight excluding hydrogens is 315 g/mol. The fraction of sp³-hybridized carbons (Fsp3) is 0.462. The first-order valence-electron chi connectivity index (χ1n) is 5.76. The van der Waals surface area contributed by atoms with Crippen molar-refractivity contribution in [3.05, 3.63) is 29.3 Å². The van der Waals surface area contributed by atoms with Gasteiger partial charge in [-0.3, -0.25) is 0 Å². The van der Waals surface area contributed by atoms with Gasteiger partial charge in [0, 0.05) is 0 Å². The van der Waals surface area contributed by atoms with Crippen molar-refractivity contribution in [2.24, 2.45) is 5.92 Å². The molecule has 1 aromatic rings. The summed E-state index contributed by atoms with van der Waals surface area (Å²) in [6.45, 7) is 1.94. The molecule has 2 radical (unpaired) electrons. The van der Waals surface area contributed by atoms with Gasteiger partial charge in [0.1, 0.15) is 0 Å². The minimum atomic E-state index is -0.763. The number of ether oxygens (including phenoxy) is 1. The van der Waals surface area contributed by atoms with E-state index < -0.39 is 5.97 Å². The zero-order valence-corrected chi connectivity index (χ0v) is 12.8. The van der Waals surface area contributed by atoms with E-state index >= 15 is 0 Å². The zero-order valence-electron chi connectivity index (χ0n) is 10.2. The number of carboxylic acids is 1. The van der Waals surface area contributed by atoms with Gasteiger partial charge in [-0.25, -0.2) is 0 Å². The average Bonchev–Trinajstić information content (AvgIpc) is 2.27. The van der Waals surface area contributed by atoms with Crippen molar-refractivity contribution in [1.82, 2.24) is 0 Å². The van der Waals surface area contributed by atoms with Crippen LogP contribution in [0.4, 0.5) is 0 Å². The molecule has 0 spiro atoms. The first-order chi connectivity index (χ1) is 8.51. The molecule has 0 saturated heterocycles. The molecule has 18 heavy (non-hydrogen) atoms. The van der Waals surface area contributed by atoms with Crippen molar-refractivity contribution < 1.29 is 14.6 Å². The fourth-order valence-corrected chi connectivity index (χ4v) is 2.52. The first kappa shape index (κ1) is 15.4. The normalized spacial score (nSPS) is 13.9. The van der Waals surface area contributed by atoms with Crippen LogP contribution in [0.2, 0.25) is 10.2 Å². The van der Waals surface area contributed by atoms with Crippen LogP contribution in [0, 0.1) is 5.92 Å². The molecule has 0 saturated carbocycles. The third kappa shape index (κ3) is 5.79. The molecule has 98 valence electrons. The number of halogens is 1. The monoisotopic (exact) mass is 330 g/mol. The van der Waals surface area contributed by atoms with Crippen molar-refractivity contribution in [2.45, 2.75) is 31.1 Å². The molecule has 3 nitrogen and oxygen atoms in total. The van der Waals surface area contributed by atoms with Crippen molar-refractivity contribution in [2.75, 3.05) is 0 Å². The number of carbonyl (C=O) groups is 1. The van der Waals surface area contributed by atoms with E-state index in [2.05, 4.69) is 16.9 Å². The second-order valence-corrected chi connectivity index (χ2v) is 5.47. The maximum absolute atomic E-state index is 10.7. The third-order valence-electron chi connectivity index (χ3n) is 2.52. The molecule has 0 aliphatic rings. The average molecular weight is 331 g/mol. The van der Waals surface area contributed by atoms with E-state index in [1.54, 1.807) is 12.1 Å². The summed E-state index contributed by atoms with van der Waals surface area (Å²) < 4.78 is 5.72. The molecule has 0 heterocycles. The van der Waals surface area contributed by atoms with Crippen molar-refractivity contribution in [1.29, 1.82) is 0 Å². The van der Waals surface area contributed by atoms with E-state index in [-0.39, 0.29) is 18.4 Å². The Morgan fingerprint density at radius 3 is 2.83 bits per heavy atom. The number of aliphatic carboxylic acids is 1. The summed E-state index contributed by atoms with van der Waals surface area (Å²) in [5.74, 6) is 0.0763. The minimum absolute atomic E-state index is 0.0306. The number of hydrogen-bond acceptors (Lipinski definition) is 2. The number of hydrogen-bond donors (Lipinski definition) is 1. The van der Waals surface area contributed by atoms with Gasteiger partial charge in [-0.15, -0.1) is 0 Å². The Morgan fingerprint density at radius 2 is 2.28 bits per heavy atom. The maximum atomic E-state index is 10.7. The van der Waals surface area contributed by atoms with Gasteiger partial charge in [-0.2, -0.15) is 0 Å². The molecule has 0 amide bonds.